The van der Waals surface area contributed by atoms with Crippen molar-refractivity contribution in [2.75, 3.05) is 25.5 Å². The number of aromatic nitrogens is 5. The average molecular weight is 532 g/mol. The number of anilines is 1. The number of rotatable bonds is 5. The molecule has 4 heterocycles. The monoisotopic (exact) mass is 531 g/mol. The quantitative estimate of drug-likeness (QED) is 0.395. The molecule has 2 amide bonds. The number of nitrogens with zero attached hydrogens (tertiary/aromatic N) is 6. The minimum Gasteiger partial charge on any atom is -0.494 e. The van der Waals surface area contributed by atoms with Crippen LogP contribution in [0.2, 0.25) is 0 Å². The number of nitrogens with one attached hydrogen (secondary N) is 1. The highest BCUT2D eigenvalue weighted by Crippen LogP contribution is 2.32. The van der Waals surface area contributed by atoms with Gasteiger partial charge in [-0.3, -0.25) is 14.5 Å². The van der Waals surface area contributed by atoms with Gasteiger partial charge in [0.15, 0.2) is 5.69 Å². The van der Waals surface area contributed by atoms with Crippen LogP contribution in [0.1, 0.15) is 55.8 Å². The molecule has 0 aliphatic carbocycles. The smallest absolute Gasteiger partial charge is 0.410 e. The molecule has 1 aromatic carbocycles. The number of fused-ring (bicyclic) bond motifs is 1. The number of pyridine rings is 1. The van der Waals surface area contributed by atoms with Crippen LogP contribution >= 0.6 is 0 Å². The van der Waals surface area contributed by atoms with Crippen molar-refractivity contribution in [1.29, 1.82) is 0 Å². The summed E-state index contributed by atoms with van der Waals surface area (Å²) >= 11 is 0. The number of piperidine rings is 1. The van der Waals surface area contributed by atoms with Crippen molar-refractivity contribution in [2.24, 2.45) is 0 Å². The van der Waals surface area contributed by atoms with Gasteiger partial charge in [-0.25, -0.2) is 9.48 Å². The van der Waals surface area contributed by atoms with Gasteiger partial charge in [-0.05, 0) is 64.8 Å². The summed E-state index contributed by atoms with van der Waals surface area (Å²) in [6, 6.07) is 9.21. The second kappa shape index (κ2) is 10.4. The second-order valence-electron chi connectivity index (χ2n) is 10.7. The molecule has 1 N–H and O–H groups in total. The minimum atomic E-state index is -0.515. The van der Waals surface area contributed by atoms with Gasteiger partial charge in [0.1, 0.15) is 11.4 Å². The van der Waals surface area contributed by atoms with Crippen molar-refractivity contribution in [2.45, 2.75) is 52.2 Å². The molecule has 0 atom stereocenters. The number of ether oxygens (including phenoxy) is 2. The van der Waals surface area contributed by atoms with Gasteiger partial charge in [0.25, 0.3) is 5.91 Å². The van der Waals surface area contributed by atoms with E-state index in [1.54, 1.807) is 35.2 Å². The number of benzene rings is 1. The number of hydrogen-bond acceptors (Lipinski definition) is 7. The lowest BCUT2D eigenvalue weighted by Gasteiger charge is -2.33. The summed E-state index contributed by atoms with van der Waals surface area (Å²) in [5.74, 6) is 0.157. The third kappa shape index (κ3) is 5.87. The Kier molecular flexibility index (Phi) is 6.98. The van der Waals surface area contributed by atoms with Gasteiger partial charge in [0, 0.05) is 48.8 Å². The molecule has 0 bridgehead atoms. The molecule has 5 rings (SSSR count). The molecule has 4 aromatic rings. The maximum absolute atomic E-state index is 13.0. The number of methoxy groups -OCH3 is 1. The van der Waals surface area contributed by atoms with Gasteiger partial charge in [-0.1, -0.05) is 0 Å². The molecule has 0 saturated carbocycles. The number of hydrogen-bond donors (Lipinski definition) is 1. The van der Waals surface area contributed by atoms with Crippen LogP contribution in [0.25, 0.3) is 16.6 Å². The van der Waals surface area contributed by atoms with Crippen molar-refractivity contribution in [3.05, 3.63) is 60.3 Å². The SMILES string of the molecule is COc1cc2nn(C3CCN(C(=O)OC(C)(C)C)CC3)cc2cc1NC(=O)c1ccn(-c2ccnc(C)c2)n1. The average Bonchev–Trinajstić information content (AvgIpc) is 3.55. The van der Waals surface area contributed by atoms with Crippen LogP contribution in [0.3, 0.4) is 0 Å². The van der Waals surface area contributed by atoms with Crippen molar-refractivity contribution in [3.63, 3.8) is 0 Å². The largest absolute Gasteiger partial charge is 0.494 e. The summed E-state index contributed by atoms with van der Waals surface area (Å²) in [5.41, 5.74) is 2.74. The molecule has 0 radical (unpaired) electrons. The molecule has 39 heavy (non-hydrogen) atoms. The lowest BCUT2D eigenvalue weighted by atomic mass is 10.1. The lowest BCUT2D eigenvalue weighted by molar-refractivity contribution is 0.0185. The standard InChI is InChI=1S/C28H33N7O4/c1-18-14-21(6-10-29-18)34-13-9-22(31-34)26(36)30-24-15-19-17-35(32-23(19)16-25(24)38-5)20-7-11-33(12-8-20)27(37)39-28(2,3)4/h6,9-10,13-17,20H,7-8,11-12H2,1-5H3,(H,30,36). The Bertz CT molecular complexity index is 1510. The van der Waals surface area contributed by atoms with Crippen molar-refractivity contribution < 1.29 is 19.1 Å². The van der Waals surface area contributed by atoms with Crippen LogP contribution < -0.4 is 10.1 Å². The topological polar surface area (TPSA) is 116 Å². The summed E-state index contributed by atoms with van der Waals surface area (Å²) < 4.78 is 14.6. The van der Waals surface area contributed by atoms with Gasteiger partial charge < -0.3 is 19.7 Å². The molecule has 0 unspecified atom stereocenters. The van der Waals surface area contributed by atoms with Gasteiger partial charge in [-0.15, -0.1) is 0 Å². The first kappa shape index (κ1) is 26.2. The zero-order valence-electron chi connectivity index (χ0n) is 22.8. The molecular formula is C28H33N7O4. The Balaban J connectivity index is 1.29. The Morgan fingerprint density at radius 2 is 1.85 bits per heavy atom. The molecule has 0 spiro atoms. The molecule has 1 fully saturated rings. The third-order valence-electron chi connectivity index (χ3n) is 6.55. The molecule has 1 aliphatic rings. The Hall–Kier alpha value is -4.41. The van der Waals surface area contributed by atoms with Crippen LogP contribution in [-0.2, 0) is 4.74 Å². The fourth-order valence-corrected chi connectivity index (χ4v) is 4.61. The van der Waals surface area contributed by atoms with Crippen LogP contribution in [0.4, 0.5) is 10.5 Å². The summed E-state index contributed by atoms with van der Waals surface area (Å²) in [7, 11) is 1.56. The van der Waals surface area contributed by atoms with Gasteiger partial charge in [0.05, 0.1) is 30.0 Å². The van der Waals surface area contributed by atoms with E-state index in [2.05, 4.69) is 15.4 Å². The van der Waals surface area contributed by atoms with E-state index in [1.807, 2.05) is 62.8 Å². The van der Waals surface area contributed by atoms with E-state index in [1.165, 1.54) is 0 Å². The molecule has 204 valence electrons. The van der Waals surface area contributed by atoms with E-state index in [0.717, 1.165) is 35.1 Å². The predicted molar refractivity (Wildman–Crippen MR) is 146 cm³/mol. The number of carbonyl (C=O) groups excluding carboxylic acids is 2. The number of likely N-dealkylation sites (tertiary alicyclic amines) is 1. The van der Waals surface area contributed by atoms with E-state index in [-0.39, 0.29) is 23.7 Å². The summed E-state index contributed by atoms with van der Waals surface area (Å²) in [5, 5.41) is 13.0. The highest BCUT2D eigenvalue weighted by Gasteiger charge is 2.28. The van der Waals surface area contributed by atoms with Crippen molar-refractivity contribution in [1.82, 2.24) is 29.4 Å². The zero-order chi connectivity index (χ0) is 27.7. The van der Waals surface area contributed by atoms with E-state index in [9.17, 15) is 9.59 Å². The van der Waals surface area contributed by atoms with E-state index in [0.29, 0.717) is 24.5 Å². The van der Waals surface area contributed by atoms with E-state index in [4.69, 9.17) is 14.6 Å². The van der Waals surface area contributed by atoms with Crippen LogP contribution in [0, 0.1) is 6.92 Å². The zero-order valence-corrected chi connectivity index (χ0v) is 22.8. The van der Waals surface area contributed by atoms with Gasteiger partial charge >= 0.3 is 6.09 Å². The molecule has 1 aliphatic heterocycles. The summed E-state index contributed by atoms with van der Waals surface area (Å²) in [4.78, 5) is 31.4. The van der Waals surface area contributed by atoms with Gasteiger partial charge in [-0.2, -0.15) is 10.2 Å². The molecule has 11 nitrogen and oxygen atoms in total. The normalized spacial score (nSPS) is 14.4. The van der Waals surface area contributed by atoms with E-state index >= 15 is 0 Å². The first-order valence-corrected chi connectivity index (χ1v) is 12.9. The summed E-state index contributed by atoms with van der Waals surface area (Å²) in [6.07, 6.45) is 6.68. The van der Waals surface area contributed by atoms with E-state index < -0.39 is 5.60 Å². The fourth-order valence-electron chi connectivity index (χ4n) is 4.61. The van der Waals surface area contributed by atoms with Crippen molar-refractivity contribution >= 4 is 28.6 Å². The van der Waals surface area contributed by atoms with Crippen LogP contribution in [0.15, 0.2) is 48.9 Å². The molecule has 1 saturated heterocycles. The lowest BCUT2D eigenvalue weighted by Crippen LogP contribution is -2.42. The maximum Gasteiger partial charge on any atom is 0.410 e. The third-order valence-corrected chi connectivity index (χ3v) is 6.55. The molecule has 11 heteroatoms. The molecule has 3 aromatic heterocycles. The number of amides is 2. The van der Waals surface area contributed by atoms with Gasteiger partial charge in [0.2, 0.25) is 0 Å². The first-order chi connectivity index (χ1) is 18.6. The second-order valence-corrected chi connectivity index (χ2v) is 10.7. The number of aryl methyl sites for hydroxylation is 1. The Morgan fingerprint density at radius 1 is 1.08 bits per heavy atom. The Morgan fingerprint density at radius 3 is 2.54 bits per heavy atom. The fraction of sp³-hybridized carbons (Fsp3) is 0.393. The molecular weight excluding hydrogens is 498 g/mol. The van der Waals surface area contributed by atoms with Crippen LogP contribution in [0.5, 0.6) is 5.75 Å². The Labute approximate surface area is 226 Å². The highest BCUT2D eigenvalue weighted by molar-refractivity contribution is 6.05. The van der Waals surface area contributed by atoms with Crippen LogP contribution in [-0.4, -0.2) is 67.2 Å². The highest BCUT2D eigenvalue weighted by atomic mass is 16.6. The number of carbonyl (C=O) groups is 2. The summed E-state index contributed by atoms with van der Waals surface area (Å²) in [6.45, 7) is 8.71. The first-order valence-electron chi connectivity index (χ1n) is 12.9. The maximum atomic E-state index is 13.0. The van der Waals surface area contributed by atoms with Crippen molar-refractivity contribution in [3.8, 4) is 11.4 Å². The minimum absolute atomic E-state index is 0.154. The predicted octanol–water partition coefficient (Wildman–Crippen LogP) is 4.76.